The van der Waals surface area contributed by atoms with Crippen LogP contribution in [-0.2, 0) is 6.54 Å². The van der Waals surface area contributed by atoms with E-state index < -0.39 is 0 Å². The maximum absolute atomic E-state index is 5.70. The van der Waals surface area contributed by atoms with Crippen molar-refractivity contribution in [3.63, 3.8) is 0 Å². The molecule has 0 spiro atoms. The van der Waals surface area contributed by atoms with Crippen LogP contribution in [0, 0.1) is 0 Å². The average Bonchev–Trinajstić information content (AvgIpc) is 2.38. The summed E-state index contributed by atoms with van der Waals surface area (Å²) in [6.45, 7) is 3.78. The number of hydrogen-bond acceptors (Lipinski definition) is 4. The normalized spacial score (nSPS) is 10.3. The molecule has 2 N–H and O–H groups in total. The lowest BCUT2D eigenvalue weighted by molar-refractivity contribution is 0.810. The summed E-state index contributed by atoms with van der Waals surface area (Å²) in [6, 6.07) is 5.89. The summed E-state index contributed by atoms with van der Waals surface area (Å²) in [6.07, 6.45) is 5.28. The molecule has 2 heterocycles. The second-order valence-corrected chi connectivity index (χ2v) is 4.80. The summed E-state index contributed by atoms with van der Waals surface area (Å²) in [5.74, 6) is 0.906. The maximum atomic E-state index is 5.70. The molecule has 2 rings (SSSR count). The Morgan fingerprint density at radius 3 is 2.67 bits per heavy atom. The smallest absolute Gasteiger partial charge is 0.143 e. The maximum Gasteiger partial charge on any atom is 0.143 e. The van der Waals surface area contributed by atoms with Gasteiger partial charge < -0.3 is 10.6 Å². The van der Waals surface area contributed by atoms with E-state index in [4.69, 9.17) is 5.73 Å². The van der Waals surface area contributed by atoms with E-state index in [1.54, 1.807) is 18.6 Å². The fourth-order valence-electron chi connectivity index (χ4n) is 1.72. The van der Waals surface area contributed by atoms with Gasteiger partial charge in [0.2, 0.25) is 0 Å². The molecule has 0 aliphatic heterocycles. The zero-order valence-electron chi connectivity index (χ0n) is 10.2. The van der Waals surface area contributed by atoms with E-state index in [-0.39, 0.29) is 0 Å². The summed E-state index contributed by atoms with van der Waals surface area (Å²) in [7, 11) is 0. The molecule has 0 aliphatic carbocycles. The summed E-state index contributed by atoms with van der Waals surface area (Å²) in [5, 5.41) is 0. The Bertz CT molecular complexity index is 516. The highest BCUT2D eigenvalue weighted by atomic mass is 79.9. The third kappa shape index (κ3) is 2.98. The van der Waals surface area contributed by atoms with Gasteiger partial charge in [-0.15, -0.1) is 0 Å². The van der Waals surface area contributed by atoms with Crippen LogP contribution < -0.4 is 10.6 Å². The van der Waals surface area contributed by atoms with Gasteiger partial charge in [-0.3, -0.25) is 4.98 Å². The van der Waals surface area contributed by atoms with Gasteiger partial charge >= 0.3 is 0 Å². The zero-order valence-corrected chi connectivity index (χ0v) is 11.8. The fraction of sp³-hybridized carbons (Fsp3) is 0.231. The topological polar surface area (TPSA) is 55.0 Å². The second-order valence-electron chi connectivity index (χ2n) is 3.94. The van der Waals surface area contributed by atoms with E-state index in [1.807, 2.05) is 18.2 Å². The van der Waals surface area contributed by atoms with Crippen molar-refractivity contribution in [1.29, 1.82) is 0 Å². The third-order valence-electron chi connectivity index (χ3n) is 2.65. The Morgan fingerprint density at radius 1 is 1.33 bits per heavy atom. The highest BCUT2D eigenvalue weighted by molar-refractivity contribution is 9.10. The van der Waals surface area contributed by atoms with Crippen molar-refractivity contribution in [2.45, 2.75) is 13.5 Å². The van der Waals surface area contributed by atoms with E-state index in [1.165, 1.54) is 5.56 Å². The Morgan fingerprint density at radius 2 is 2.06 bits per heavy atom. The van der Waals surface area contributed by atoms with Gasteiger partial charge in [-0.05, 0) is 46.6 Å². The van der Waals surface area contributed by atoms with E-state index in [0.29, 0.717) is 5.69 Å². The van der Waals surface area contributed by atoms with Gasteiger partial charge in [0.1, 0.15) is 5.82 Å². The van der Waals surface area contributed by atoms with E-state index in [2.05, 4.69) is 37.7 Å². The molecule has 0 bridgehead atoms. The molecule has 2 aromatic heterocycles. The molecule has 5 heteroatoms. The monoisotopic (exact) mass is 306 g/mol. The Hall–Kier alpha value is -1.62. The van der Waals surface area contributed by atoms with Gasteiger partial charge in [-0.25, -0.2) is 4.98 Å². The lowest BCUT2D eigenvalue weighted by atomic mass is 10.2. The molecule has 0 fully saturated rings. The van der Waals surface area contributed by atoms with E-state index in [0.717, 1.165) is 23.4 Å². The first kappa shape index (κ1) is 12.8. The van der Waals surface area contributed by atoms with Gasteiger partial charge in [0, 0.05) is 25.5 Å². The molecular formula is C13H15BrN4. The average molecular weight is 307 g/mol. The summed E-state index contributed by atoms with van der Waals surface area (Å²) < 4.78 is 0.915. The van der Waals surface area contributed by atoms with Crippen LogP contribution in [-0.4, -0.2) is 16.5 Å². The van der Waals surface area contributed by atoms with Crippen LogP contribution in [0.15, 0.2) is 41.3 Å². The Kier molecular flexibility index (Phi) is 4.15. The predicted molar refractivity (Wildman–Crippen MR) is 77.3 cm³/mol. The van der Waals surface area contributed by atoms with Crippen molar-refractivity contribution in [1.82, 2.24) is 9.97 Å². The number of nitrogens with two attached hydrogens (primary N) is 1. The van der Waals surface area contributed by atoms with Crippen molar-refractivity contribution in [3.05, 3.63) is 46.8 Å². The van der Waals surface area contributed by atoms with Crippen molar-refractivity contribution in [2.24, 2.45) is 0 Å². The van der Waals surface area contributed by atoms with Crippen LogP contribution in [0.25, 0.3) is 0 Å². The molecule has 18 heavy (non-hydrogen) atoms. The molecule has 4 nitrogen and oxygen atoms in total. The quantitative estimate of drug-likeness (QED) is 0.943. The standard InChI is InChI=1S/C13H15BrN4/c1-2-18(9-10-3-5-16-6-4-10)13-12(14)7-11(15)8-17-13/h3-8H,2,9,15H2,1H3. The molecule has 0 unspecified atom stereocenters. The number of halogens is 1. The Balaban J connectivity index is 2.23. The number of hydrogen-bond donors (Lipinski definition) is 1. The first-order valence-corrected chi connectivity index (χ1v) is 6.55. The summed E-state index contributed by atoms with van der Waals surface area (Å²) in [5.41, 5.74) is 7.57. The molecule has 0 aromatic carbocycles. The van der Waals surface area contributed by atoms with Crippen molar-refractivity contribution in [2.75, 3.05) is 17.2 Å². The SMILES string of the molecule is CCN(Cc1ccncc1)c1ncc(N)cc1Br. The molecule has 0 amide bonds. The van der Waals surface area contributed by atoms with Crippen LogP contribution in [0.4, 0.5) is 11.5 Å². The minimum Gasteiger partial charge on any atom is -0.397 e. The molecule has 0 aliphatic rings. The molecule has 0 radical (unpaired) electrons. The van der Waals surface area contributed by atoms with Crippen LogP contribution in [0.5, 0.6) is 0 Å². The summed E-state index contributed by atoms with van der Waals surface area (Å²) >= 11 is 3.51. The fourth-order valence-corrected chi connectivity index (χ4v) is 2.34. The molecule has 0 saturated heterocycles. The lowest BCUT2D eigenvalue weighted by Crippen LogP contribution is -2.23. The van der Waals surface area contributed by atoms with Crippen molar-refractivity contribution in [3.8, 4) is 0 Å². The number of rotatable bonds is 4. The highest BCUT2D eigenvalue weighted by Gasteiger charge is 2.10. The van der Waals surface area contributed by atoms with Crippen LogP contribution >= 0.6 is 15.9 Å². The number of pyridine rings is 2. The van der Waals surface area contributed by atoms with Gasteiger partial charge in [0.25, 0.3) is 0 Å². The van der Waals surface area contributed by atoms with Crippen LogP contribution in [0.1, 0.15) is 12.5 Å². The zero-order chi connectivity index (χ0) is 13.0. The van der Waals surface area contributed by atoms with Gasteiger partial charge in [0.05, 0.1) is 16.4 Å². The second kappa shape index (κ2) is 5.82. The van der Waals surface area contributed by atoms with Gasteiger partial charge in [-0.2, -0.15) is 0 Å². The lowest BCUT2D eigenvalue weighted by Gasteiger charge is -2.23. The molecule has 0 saturated carbocycles. The number of nitrogens with zero attached hydrogens (tertiary/aromatic N) is 3. The van der Waals surface area contributed by atoms with Gasteiger partial charge in [-0.1, -0.05) is 0 Å². The minimum absolute atomic E-state index is 0.658. The molecular weight excluding hydrogens is 292 g/mol. The highest BCUT2D eigenvalue weighted by Crippen LogP contribution is 2.26. The first-order chi connectivity index (χ1) is 8.70. The number of aromatic nitrogens is 2. The van der Waals surface area contributed by atoms with Crippen LogP contribution in [0.2, 0.25) is 0 Å². The number of anilines is 2. The van der Waals surface area contributed by atoms with Crippen LogP contribution in [0.3, 0.4) is 0 Å². The first-order valence-electron chi connectivity index (χ1n) is 5.75. The Labute approximate surface area is 115 Å². The van der Waals surface area contributed by atoms with E-state index in [9.17, 15) is 0 Å². The van der Waals surface area contributed by atoms with Gasteiger partial charge in [0.15, 0.2) is 0 Å². The predicted octanol–water partition coefficient (Wildman–Crippen LogP) is 2.85. The number of nitrogen functional groups attached to an aromatic ring is 1. The molecule has 2 aromatic rings. The van der Waals surface area contributed by atoms with Crippen molar-refractivity contribution < 1.29 is 0 Å². The third-order valence-corrected chi connectivity index (χ3v) is 3.23. The molecule has 0 atom stereocenters. The van der Waals surface area contributed by atoms with E-state index >= 15 is 0 Å². The van der Waals surface area contributed by atoms with Crippen molar-refractivity contribution >= 4 is 27.4 Å². The summed E-state index contributed by atoms with van der Waals surface area (Å²) in [4.78, 5) is 10.6. The minimum atomic E-state index is 0.658. The molecule has 94 valence electrons. The largest absolute Gasteiger partial charge is 0.397 e.